The van der Waals surface area contributed by atoms with Crippen LogP contribution in [0.5, 0.6) is 0 Å². The molecule has 2 fully saturated rings. The standard InChI is InChI=1S/C15H17N7O/c1-2-10(1)15-20-12(21-23-15)9-3-5-22(6-4-9)14-11-13(17-7-16-11)18-8-19-14/h7-10H,1-6H2,(H,16,17,18,19). The minimum Gasteiger partial charge on any atom is -0.355 e. The largest absolute Gasteiger partial charge is 0.355 e. The highest BCUT2D eigenvalue weighted by atomic mass is 16.5. The van der Waals surface area contributed by atoms with E-state index in [-0.39, 0.29) is 0 Å². The molecule has 0 aromatic carbocycles. The molecule has 0 spiro atoms. The number of aromatic nitrogens is 6. The number of nitrogens with one attached hydrogen (secondary N) is 1. The smallest absolute Gasteiger partial charge is 0.229 e. The zero-order valence-corrected chi connectivity index (χ0v) is 12.6. The van der Waals surface area contributed by atoms with Gasteiger partial charge in [-0.3, -0.25) is 0 Å². The Morgan fingerprint density at radius 1 is 1.04 bits per heavy atom. The average Bonchev–Trinajstić information content (AvgIpc) is 3.13. The van der Waals surface area contributed by atoms with Crippen molar-refractivity contribution in [3.8, 4) is 0 Å². The second-order valence-corrected chi connectivity index (χ2v) is 6.32. The van der Waals surface area contributed by atoms with Crippen LogP contribution in [0.4, 0.5) is 5.82 Å². The minimum atomic E-state index is 0.376. The predicted octanol–water partition coefficient (Wildman–Crippen LogP) is 2.00. The first-order chi connectivity index (χ1) is 11.4. The Labute approximate surface area is 132 Å². The van der Waals surface area contributed by atoms with Crippen LogP contribution in [0, 0.1) is 0 Å². The normalized spacial score (nSPS) is 19.6. The molecule has 2 aliphatic rings. The van der Waals surface area contributed by atoms with Crippen LogP contribution < -0.4 is 4.90 Å². The molecule has 1 aliphatic heterocycles. The highest BCUT2D eigenvalue weighted by Gasteiger charge is 2.32. The highest BCUT2D eigenvalue weighted by molar-refractivity contribution is 5.82. The van der Waals surface area contributed by atoms with Gasteiger partial charge in [0.05, 0.1) is 6.33 Å². The molecule has 8 heteroatoms. The van der Waals surface area contributed by atoms with E-state index in [4.69, 9.17) is 4.52 Å². The monoisotopic (exact) mass is 311 g/mol. The number of piperidine rings is 1. The van der Waals surface area contributed by atoms with Crippen LogP contribution in [0.15, 0.2) is 17.2 Å². The first-order valence-electron chi connectivity index (χ1n) is 8.11. The van der Waals surface area contributed by atoms with Gasteiger partial charge in [-0.25, -0.2) is 15.0 Å². The van der Waals surface area contributed by atoms with E-state index in [0.29, 0.717) is 17.5 Å². The summed E-state index contributed by atoms with van der Waals surface area (Å²) >= 11 is 0. The first kappa shape index (κ1) is 13.0. The van der Waals surface area contributed by atoms with Crippen LogP contribution in [0.2, 0.25) is 0 Å². The fourth-order valence-electron chi connectivity index (χ4n) is 3.25. The van der Waals surface area contributed by atoms with Gasteiger partial charge < -0.3 is 14.4 Å². The lowest BCUT2D eigenvalue weighted by molar-refractivity contribution is 0.364. The van der Waals surface area contributed by atoms with E-state index in [0.717, 1.165) is 49.0 Å². The number of rotatable bonds is 3. The van der Waals surface area contributed by atoms with Crippen molar-refractivity contribution >= 4 is 17.0 Å². The highest BCUT2D eigenvalue weighted by Crippen LogP contribution is 2.40. The SMILES string of the molecule is c1nc(N2CCC(c3noc(C4CC4)n3)CC2)c2[nH]cnc2n1. The Hall–Kier alpha value is -2.51. The van der Waals surface area contributed by atoms with Crippen molar-refractivity contribution in [2.45, 2.75) is 37.5 Å². The molecule has 1 aliphatic carbocycles. The van der Waals surface area contributed by atoms with E-state index in [9.17, 15) is 0 Å². The first-order valence-corrected chi connectivity index (χ1v) is 8.11. The van der Waals surface area contributed by atoms with Crippen molar-refractivity contribution < 1.29 is 4.52 Å². The lowest BCUT2D eigenvalue weighted by Crippen LogP contribution is -2.34. The average molecular weight is 311 g/mol. The summed E-state index contributed by atoms with van der Waals surface area (Å²) in [6.45, 7) is 1.84. The number of H-pyrrole nitrogens is 1. The summed E-state index contributed by atoms with van der Waals surface area (Å²) in [5, 5.41) is 4.19. The molecule has 4 heterocycles. The number of nitrogens with zero attached hydrogens (tertiary/aromatic N) is 6. The van der Waals surface area contributed by atoms with Crippen LogP contribution >= 0.6 is 0 Å². The third kappa shape index (κ3) is 2.25. The van der Waals surface area contributed by atoms with Gasteiger partial charge in [0.15, 0.2) is 17.3 Å². The number of hydrogen-bond donors (Lipinski definition) is 1. The molecule has 0 unspecified atom stereocenters. The summed E-state index contributed by atoms with van der Waals surface area (Å²) in [6.07, 6.45) is 7.62. The lowest BCUT2D eigenvalue weighted by atomic mass is 9.96. The van der Waals surface area contributed by atoms with Gasteiger partial charge >= 0.3 is 0 Å². The molecule has 0 amide bonds. The van der Waals surface area contributed by atoms with E-state index < -0.39 is 0 Å². The Morgan fingerprint density at radius 3 is 2.74 bits per heavy atom. The molecule has 118 valence electrons. The van der Waals surface area contributed by atoms with Gasteiger partial charge in [0, 0.05) is 24.9 Å². The van der Waals surface area contributed by atoms with Crippen molar-refractivity contribution in [2.75, 3.05) is 18.0 Å². The maximum absolute atomic E-state index is 5.39. The Bertz CT molecular complexity index is 829. The number of hydrogen-bond acceptors (Lipinski definition) is 7. The van der Waals surface area contributed by atoms with E-state index in [1.807, 2.05) is 0 Å². The Balaban J connectivity index is 1.32. The fraction of sp³-hybridized carbons (Fsp3) is 0.533. The Morgan fingerprint density at radius 2 is 1.91 bits per heavy atom. The van der Waals surface area contributed by atoms with Gasteiger partial charge in [-0.05, 0) is 25.7 Å². The van der Waals surface area contributed by atoms with E-state index in [1.165, 1.54) is 12.8 Å². The number of anilines is 1. The van der Waals surface area contributed by atoms with Gasteiger partial charge in [-0.1, -0.05) is 5.16 Å². The summed E-state index contributed by atoms with van der Waals surface area (Å²) in [5.74, 6) is 3.53. The van der Waals surface area contributed by atoms with Crippen molar-refractivity contribution in [2.24, 2.45) is 0 Å². The Kier molecular flexibility index (Phi) is 2.82. The van der Waals surface area contributed by atoms with Gasteiger partial charge in [0.2, 0.25) is 5.89 Å². The van der Waals surface area contributed by atoms with Gasteiger partial charge in [-0.15, -0.1) is 0 Å². The summed E-state index contributed by atoms with van der Waals surface area (Å²) in [7, 11) is 0. The molecule has 0 radical (unpaired) electrons. The third-order valence-corrected chi connectivity index (χ3v) is 4.75. The molecule has 3 aromatic rings. The predicted molar refractivity (Wildman–Crippen MR) is 82.1 cm³/mol. The molecule has 1 N–H and O–H groups in total. The molecule has 0 atom stereocenters. The van der Waals surface area contributed by atoms with E-state index in [2.05, 4.69) is 35.0 Å². The number of aromatic amines is 1. The third-order valence-electron chi connectivity index (χ3n) is 4.75. The zero-order chi connectivity index (χ0) is 15.2. The van der Waals surface area contributed by atoms with Crippen LogP contribution in [-0.2, 0) is 0 Å². The molecule has 1 saturated heterocycles. The van der Waals surface area contributed by atoms with E-state index in [1.54, 1.807) is 12.7 Å². The van der Waals surface area contributed by atoms with Crippen LogP contribution in [-0.4, -0.2) is 43.2 Å². The zero-order valence-electron chi connectivity index (χ0n) is 12.6. The summed E-state index contributed by atoms with van der Waals surface area (Å²) in [5.41, 5.74) is 1.62. The van der Waals surface area contributed by atoms with Crippen LogP contribution in [0.3, 0.4) is 0 Å². The fourth-order valence-corrected chi connectivity index (χ4v) is 3.25. The van der Waals surface area contributed by atoms with Crippen LogP contribution in [0.1, 0.15) is 49.2 Å². The van der Waals surface area contributed by atoms with Crippen molar-refractivity contribution in [3.63, 3.8) is 0 Å². The molecule has 3 aromatic heterocycles. The number of imidazole rings is 1. The molecule has 23 heavy (non-hydrogen) atoms. The molecule has 5 rings (SSSR count). The van der Waals surface area contributed by atoms with Crippen molar-refractivity contribution in [1.82, 2.24) is 30.1 Å². The molecular formula is C15H17N7O. The topological polar surface area (TPSA) is 96.6 Å². The van der Waals surface area contributed by atoms with Crippen molar-refractivity contribution in [1.29, 1.82) is 0 Å². The second kappa shape index (κ2) is 5.00. The van der Waals surface area contributed by atoms with Gasteiger partial charge in [0.25, 0.3) is 0 Å². The minimum absolute atomic E-state index is 0.376. The molecule has 1 saturated carbocycles. The molecule has 0 bridgehead atoms. The summed E-state index contributed by atoms with van der Waals surface area (Å²) in [4.78, 5) is 22.8. The molecular weight excluding hydrogens is 294 g/mol. The maximum Gasteiger partial charge on any atom is 0.229 e. The number of fused-ring (bicyclic) bond motifs is 1. The van der Waals surface area contributed by atoms with Crippen molar-refractivity contribution in [3.05, 3.63) is 24.4 Å². The van der Waals surface area contributed by atoms with Gasteiger partial charge in [0.1, 0.15) is 11.8 Å². The lowest BCUT2D eigenvalue weighted by Gasteiger charge is -2.31. The maximum atomic E-state index is 5.39. The van der Waals surface area contributed by atoms with Crippen LogP contribution in [0.25, 0.3) is 11.2 Å². The van der Waals surface area contributed by atoms with Gasteiger partial charge in [-0.2, -0.15) is 4.98 Å². The molecule has 8 nitrogen and oxygen atoms in total. The quantitative estimate of drug-likeness (QED) is 0.790. The van der Waals surface area contributed by atoms with E-state index >= 15 is 0 Å². The summed E-state index contributed by atoms with van der Waals surface area (Å²) < 4.78 is 5.39. The second-order valence-electron chi connectivity index (χ2n) is 6.32. The summed E-state index contributed by atoms with van der Waals surface area (Å²) in [6, 6.07) is 0.